The SMILES string of the molecule is Cc1ccc(OCC(=O)NCc2ccnc(-c3ccsc3)c2)cc1. The first-order valence-corrected chi connectivity index (χ1v) is 8.59. The van der Waals surface area contributed by atoms with Crippen LogP contribution in [0.3, 0.4) is 0 Å². The van der Waals surface area contributed by atoms with Crippen molar-refractivity contribution in [2.75, 3.05) is 6.61 Å². The molecule has 5 heteroatoms. The van der Waals surface area contributed by atoms with Gasteiger partial charge >= 0.3 is 0 Å². The highest BCUT2D eigenvalue weighted by Gasteiger charge is 2.05. The average Bonchev–Trinajstić information content (AvgIpc) is 3.14. The molecular weight excluding hydrogens is 320 g/mol. The first-order chi connectivity index (χ1) is 11.7. The number of aryl methyl sites for hydroxylation is 1. The van der Waals surface area contributed by atoms with E-state index in [0.717, 1.165) is 22.4 Å². The van der Waals surface area contributed by atoms with Gasteiger partial charge in [-0.25, -0.2) is 0 Å². The van der Waals surface area contributed by atoms with E-state index in [4.69, 9.17) is 4.74 Å². The summed E-state index contributed by atoms with van der Waals surface area (Å²) in [4.78, 5) is 16.3. The van der Waals surface area contributed by atoms with Gasteiger partial charge in [-0.1, -0.05) is 17.7 Å². The van der Waals surface area contributed by atoms with Crippen molar-refractivity contribution >= 4 is 17.2 Å². The molecule has 0 unspecified atom stereocenters. The van der Waals surface area contributed by atoms with Gasteiger partial charge in [0.2, 0.25) is 0 Å². The standard InChI is InChI=1S/C19H18N2O2S/c1-14-2-4-17(5-3-14)23-12-19(22)21-11-15-6-8-20-18(10-15)16-7-9-24-13-16/h2-10,13H,11-12H2,1H3,(H,21,22). The highest BCUT2D eigenvalue weighted by Crippen LogP contribution is 2.20. The summed E-state index contributed by atoms with van der Waals surface area (Å²) in [5.74, 6) is 0.545. The number of hydrogen-bond acceptors (Lipinski definition) is 4. The van der Waals surface area contributed by atoms with Crippen molar-refractivity contribution in [2.45, 2.75) is 13.5 Å². The van der Waals surface area contributed by atoms with E-state index in [-0.39, 0.29) is 12.5 Å². The van der Waals surface area contributed by atoms with Gasteiger partial charge in [0.15, 0.2) is 6.61 Å². The topological polar surface area (TPSA) is 51.2 Å². The van der Waals surface area contributed by atoms with Gasteiger partial charge in [0.25, 0.3) is 5.91 Å². The molecule has 2 aromatic heterocycles. The van der Waals surface area contributed by atoms with Crippen LogP contribution >= 0.6 is 11.3 Å². The summed E-state index contributed by atoms with van der Waals surface area (Å²) >= 11 is 1.64. The van der Waals surface area contributed by atoms with Gasteiger partial charge < -0.3 is 10.1 Å². The van der Waals surface area contributed by atoms with Gasteiger partial charge in [-0.05, 0) is 48.2 Å². The number of ether oxygens (including phenoxy) is 1. The van der Waals surface area contributed by atoms with Gasteiger partial charge in [0.1, 0.15) is 5.75 Å². The van der Waals surface area contributed by atoms with E-state index in [0.29, 0.717) is 12.3 Å². The lowest BCUT2D eigenvalue weighted by atomic mass is 10.1. The fourth-order valence-electron chi connectivity index (χ4n) is 2.19. The Morgan fingerprint density at radius 2 is 2.04 bits per heavy atom. The lowest BCUT2D eigenvalue weighted by Gasteiger charge is -2.08. The van der Waals surface area contributed by atoms with E-state index in [9.17, 15) is 4.79 Å². The molecule has 2 heterocycles. The number of nitrogens with one attached hydrogen (secondary N) is 1. The second-order valence-corrected chi connectivity index (χ2v) is 6.22. The number of pyridine rings is 1. The third kappa shape index (κ3) is 4.43. The molecule has 0 saturated heterocycles. The van der Waals surface area contributed by atoms with Crippen LogP contribution in [-0.2, 0) is 11.3 Å². The lowest BCUT2D eigenvalue weighted by Crippen LogP contribution is -2.28. The van der Waals surface area contributed by atoms with Crippen molar-refractivity contribution in [1.29, 1.82) is 0 Å². The maximum Gasteiger partial charge on any atom is 0.258 e. The number of nitrogens with zero attached hydrogens (tertiary/aromatic N) is 1. The lowest BCUT2D eigenvalue weighted by molar-refractivity contribution is -0.123. The second kappa shape index (κ2) is 7.75. The number of thiophene rings is 1. The first-order valence-electron chi connectivity index (χ1n) is 7.64. The Morgan fingerprint density at radius 3 is 2.79 bits per heavy atom. The van der Waals surface area contributed by atoms with E-state index < -0.39 is 0 Å². The predicted molar refractivity (Wildman–Crippen MR) is 96.1 cm³/mol. The van der Waals surface area contributed by atoms with Gasteiger partial charge in [-0.15, -0.1) is 0 Å². The van der Waals surface area contributed by atoms with Crippen molar-refractivity contribution in [3.8, 4) is 17.0 Å². The zero-order valence-corrected chi connectivity index (χ0v) is 14.2. The summed E-state index contributed by atoms with van der Waals surface area (Å²) in [6.07, 6.45) is 1.76. The van der Waals surface area contributed by atoms with Crippen LogP contribution in [0.5, 0.6) is 5.75 Å². The van der Waals surface area contributed by atoms with Gasteiger partial charge in [-0.2, -0.15) is 11.3 Å². The van der Waals surface area contributed by atoms with Gasteiger partial charge in [-0.3, -0.25) is 9.78 Å². The Bertz CT molecular complexity index is 798. The minimum absolute atomic E-state index is 0.00549. The number of aromatic nitrogens is 1. The molecule has 1 amide bonds. The quantitative estimate of drug-likeness (QED) is 0.743. The predicted octanol–water partition coefficient (Wildman–Crippen LogP) is 3.81. The molecule has 1 aromatic carbocycles. The zero-order valence-electron chi connectivity index (χ0n) is 13.4. The van der Waals surface area contributed by atoms with E-state index in [2.05, 4.69) is 15.7 Å². The summed E-state index contributed by atoms with van der Waals surface area (Å²) in [5.41, 5.74) is 4.18. The largest absolute Gasteiger partial charge is 0.484 e. The third-order valence-corrected chi connectivity index (χ3v) is 4.21. The van der Waals surface area contributed by atoms with Crippen LogP contribution in [0, 0.1) is 6.92 Å². The zero-order chi connectivity index (χ0) is 16.8. The highest BCUT2D eigenvalue weighted by atomic mass is 32.1. The molecule has 0 aliphatic carbocycles. The van der Waals surface area contributed by atoms with Gasteiger partial charge in [0.05, 0.1) is 5.69 Å². The third-order valence-electron chi connectivity index (χ3n) is 3.52. The Balaban J connectivity index is 1.51. The summed E-state index contributed by atoms with van der Waals surface area (Å²) in [6.45, 7) is 2.47. The fraction of sp³-hybridized carbons (Fsp3) is 0.158. The van der Waals surface area contributed by atoms with Crippen LogP contribution in [0.25, 0.3) is 11.3 Å². The molecule has 24 heavy (non-hydrogen) atoms. The van der Waals surface area contributed by atoms with Crippen LogP contribution in [-0.4, -0.2) is 17.5 Å². The smallest absolute Gasteiger partial charge is 0.258 e. The summed E-state index contributed by atoms with van der Waals surface area (Å²) in [5, 5.41) is 6.94. The van der Waals surface area contributed by atoms with E-state index in [1.807, 2.05) is 54.8 Å². The minimum Gasteiger partial charge on any atom is -0.484 e. The van der Waals surface area contributed by atoms with Crippen LogP contribution in [0.2, 0.25) is 0 Å². The molecule has 122 valence electrons. The molecule has 1 N–H and O–H groups in total. The second-order valence-electron chi connectivity index (χ2n) is 5.44. The molecule has 0 fully saturated rings. The summed E-state index contributed by atoms with van der Waals surface area (Å²) in [6, 6.07) is 13.6. The monoisotopic (exact) mass is 338 g/mol. The van der Waals surface area contributed by atoms with Crippen molar-refractivity contribution < 1.29 is 9.53 Å². The van der Waals surface area contributed by atoms with Crippen molar-refractivity contribution in [2.24, 2.45) is 0 Å². The molecule has 0 aliphatic rings. The average molecular weight is 338 g/mol. The van der Waals surface area contributed by atoms with E-state index in [1.165, 1.54) is 0 Å². The molecular formula is C19H18N2O2S. The Labute approximate surface area is 145 Å². The Hall–Kier alpha value is -2.66. The molecule has 0 atom stereocenters. The van der Waals surface area contributed by atoms with Crippen LogP contribution < -0.4 is 10.1 Å². The fourth-order valence-corrected chi connectivity index (χ4v) is 2.84. The maximum absolute atomic E-state index is 11.9. The number of rotatable bonds is 6. The molecule has 0 spiro atoms. The number of hydrogen-bond donors (Lipinski definition) is 1. The highest BCUT2D eigenvalue weighted by molar-refractivity contribution is 7.08. The molecule has 4 nitrogen and oxygen atoms in total. The molecule has 0 aliphatic heterocycles. The maximum atomic E-state index is 11.9. The number of benzene rings is 1. The van der Waals surface area contributed by atoms with Crippen molar-refractivity contribution in [3.05, 3.63) is 70.5 Å². The molecule has 0 bridgehead atoms. The van der Waals surface area contributed by atoms with E-state index >= 15 is 0 Å². The molecule has 3 rings (SSSR count). The number of carbonyl (C=O) groups excluding carboxylic acids is 1. The number of amides is 1. The number of carbonyl (C=O) groups is 1. The van der Waals surface area contributed by atoms with Crippen LogP contribution in [0.4, 0.5) is 0 Å². The molecule has 0 radical (unpaired) electrons. The Kier molecular flexibility index (Phi) is 5.23. The Morgan fingerprint density at radius 1 is 1.21 bits per heavy atom. The van der Waals surface area contributed by atoms with Crippen LogP contribution in [0.15, 0.2) is 59.4 Å². The summed E-state index contributed by atoms with van der Waals surface area (Å²) < 4.78 is 5.47. The van der Waals surface area contributed by atoms with Crippen LogP contribution in [0.1, 0.15) is 11.1 Å². The first kappa shape index (κ1) is 16.2. The normalized spacial score (nSPS) is 10.4. The minimum atomic E-state index is -0.149. The van der Waals surface area contributed by atoms with E-state index in [1.54, 1.807) is 17.5 Å². The van der Waals surface area contributed by atoms with Crippen molar-refractivity contribution in [1.82, 2.24) is 10.3 Å². The summed E-state index contributed by atoms with van der Waals surface area (Å²) in [7, 11) is 0. The van der Waals surface area contributed by atoms with Gasteiger partial charge in [0, 0.05) is 23.7 Å². The molecule has 3 aromatic rings. The van der Waals surface area contributed by atoms with Crippen molar-refractivity contribution in [3.63, 3.8) is 0 Å². The molecule has 0 saturated carbocycles.